The van der Waals surface area contributed by atoms with Crippen molar-refractivity contribution in [2.45, 2.75) is 12.0 Å². The van der Waals surface area contributed by atoms with Gasteiger partial charge in [0.05, 0.1) is 7.11 Å². The van der Waals surface area contributed by atoms with Crippen LogP contribution in [0, 0.1) is 11.8 Å². The molecule has 2 rings (SSSR count). The first kappa shape index (κ1) is 16.9. The lowest BCUT2D eigenvalue weighted by Crippen LogP contribution is -2.24. The number of aliphatic hydroxyl groups is 1. The first-order chi connectivity index (χ1) is 11.0. The first-order valence-corrected chi connectivity index (χ1v) is 7.21. The van der Waals surface area contributed by atoms with Crippen LogP contribution in [0.5, 0.6) is 5.75 Å². The quantitative estimate of drug-likeness (QED) is 0.846. The predicted octanol–water partition coefficient (Wildman–Crippen LogP) is 2.93. The van der Waals surface area contributed by atoms with Crippen LogP contribution in [-0.2, 0) is 4.79 Å². The maximum Gasteiger partial charge on any atom is 0.314 e. The molecule has 0 aliphatic heterocycles. The van der Waals surface area contributed by atoms with E-state index in [1.54, 1.807) is 48.5 Å². The highest BCUT2D eigenvalue weighted by molar-refractivity contribution is 6.30. The molecule has 0 radical (unpaired) electrons. The first-order valence-electron chi connectivity index (χ1n) is 6.83. The summed E-state index contributed by atoms with van der Waals surface area (Å²) >= 11 is 5.79. The van der Waals surface area contributed by atoms with Crippen molar-refractivity contribution in [2.75, 3.05) is 7.11 Å². The van der Waals surface area contributed by atoms with Crippen molar-refractivity contribution >= 4 is 17.6 Å². The SMILES string of the molecule is COc1ccc([C@@H](C(=O)O)[C@H](O)C#Cc2ccc(Cl)cc2)cc1. The highest BCUT2D eigenvalue weighted by atomic mass is 35.5. The van der Waals surface area contributed by atoms with Crippen LogP contribution >= 0.6 is 11.6 Å². The number of carboxylic acid groups (broad SMARTS) is 1. The van der Waals surface area contributed by atoms with Crippen molar-refractivity contribution in [1.29, 1.82) is 0 Å². The molecule has 0 bridgehead atoms. The van der Waals surface area contributed by atoms with E-state index in [0.717, 1.165) is 0 Å². The fourth-order valence-corrected chi connectivity index (χ4v) is 2.17. The highest BCUT2D eigenvalue weighted by Crippen LogP contribution is 2.23. The fourth-order valence-electron chi connectivity index (χ4n) is 2.04. The normalized spacial score (nSPS) is 12.7. The molecule has 0 aliphatic carbocycles. The van der Waals surface area contributed by atoms with Crippen molar-refractivity contribution in [2.24, 2.45) is 0 Å². The Labute approximate surface area is 139 Å². The smallest absolute Gasteiger partial charge is 0.314 e. The summed E-state index contributed by atoms with van der Waals surface area (Å²) in [6.45, 7) is 0. The number of methoxy groups -OCH3 is 1. The summed E-state index contributed by atoms with van der Waals surface area (Å²) in [5.74, 6) is 3.66. The van der Waals surface area contributed by atoms with Crippen LogP contribution in [0.25, 0.3) is 0 Å². The van der Waals surface area contributed by atoms with E-state index in [9.17, 15) is 15.0 Å². The number of ether oxygens (including phenoxy) is 1. The minimum atomic E-state index is -1.34. The third-order valence-electron chi connectivity index (χ3n) is 3.27. The molecule has 0 unspecified atom stereocenters. The van der Waals surface area contributed by atoms with Gasteiger partial charge in [0.25, 0.3) is 0 Å². The molecule has 0 heterocycles. The number of carbonyl (C=O) groups is 1. The maximum absolute atomic E-state index is 11.5. The third-order valence-corrected chi connectivity index (χ3v) is 3.52. The van der Waals surface area contributed by atoms with Crippen LogP contribution in [-0.4, -0.2) is 29.4 Å². The van der Waals surface area contributed by atoms with E-state index in [2.05, 4.69) is 11.8 Å². The summed E-state index contributed by atoms with van der Waals surface area (Å²) in [6, 6.07) is 13.2. The standard InChI is InChI=1S/C18H15ClO4/c1-23-15-9-5-13(6-10-15)17(18(21)22)16(20)11-4-12-2-7-14(19)8-3-12/h2-3,5-10,16-17,20H,1H3,(H,21,22)/t16-,17-/m1/s1. The molecule has 0 aromatic heterocycles. The molecule has 0 spiro atoms. The van der Waals surface area contributed by atoms with Crippen LogP contribution in [0.4, 0.5) is 0 Å². The van der Waals surface area contributed by atoms with Gasteiger partial charge in [-0.3, -0.25) is 4.79 Å². The lowest BCUT2D eigenvalue weighted by molar-refractivity contribution is -0.140. The number of carboxylic acids is 1. The number of rotatable bonds is 4. The maximum atomic E-state index is 11.5. The minimum absolute atomic E-state index is 0.455. The highest BCUT2D eigenvalue weighted by Gasteiger charge is 2.27. The van der Waals surface area contributed by atoms with E-state index in [0.29, 0.717) is 21.9 Å². The summed E-state index contributed by atoms with van der Waals surface area (Å²) in [7, 11) is 1.52. The summed E-state index contributed by atoms with van der Waals surface area (Å²) in [5.41, 5.74) is 1.10. The molecule has 0 saturated heterocycles. The van der Waals surface area contributed by atoms with E-state index in [1.807, 2.05) is 0 Å². The second kappa shape index (κ2) is 7.68. The molecule has 0 amide bonds. The van der Waals surface area contributed by atoms with Gasteiger partial charge in [-0.15, -0.1) is 0 Å². The number of aliphatic carboxylic acids is 1. The van der Waals surface area contributed by atoms with Gasteiger partial charge in [-0.05, 0) is 42.0 Å². The van der Waals surface area contributed by atoms with Gasteiger partial charge in [0.2, 0.25) is 0 Å². The topological polar surface area (TPSA) is 66.8 Å². The third kappa shape index (κ3) is 4.49. The molecule has 0 aliphatic rings. The lowest BCUT2D eigenvalue weighted by Gasteiger charge is -2.15. The van der Waals surface area contributed by atoms with Crippen LogP contribution in [0.3, 0.4) is 0 Å². The van der Waals surface area contributed by atoms with E-state index < -0.39 is 18.0 Å². The molecule has 2 N–H and O–H groups in total. The Morgan fingerprint density at radius 2 is 1.74 bits per heavy atom. The predicted molar refractivity (Wildman–Crippen MR) is 87.7 cm³/mol. The number of halogens is 1. The Hall–Kier alpha value is -2.48. The van der Waals surface area contributed by atoms with Crippen molar-refractivity contribution in [3.63, 3.8) is 0 Å². The Morgan fingerprint density at radius 3 is 2.26 bits per heavy atom. The van der Waals surface area contributed by atoms with Crippen LogP contribution in [0.1, 0.15) is 17.0 Å². The molecule has 5 heteroatoms. The number of aliphatic hydroxyl groups excluding tert-OH is 1. The zero-order valence-electron chi connectivity index (χ0n) is 12.4. The number of hydrogen-bond acceptors (Lipinski definition) is 3. The number of hydrogen-bond donors (Lipinski definition) is 2. The van der Waals surface area contributed by atoms with Crippen molar-refractivity contribution in [3.8, 4) is 17.6 Å². The van der Waals surface area contributed by atoms with Gasteiger partial charge >= 0.3 is 5.97 Å². The van der Waals surface area contributed by atoms with Crippen molar-refractivity contribution in [3.05, 3.63) is 64.7 Å². The fraction of sp³-hybridized carbons (Fsp3) is 0.167. The summed E-state index contributed by atoms with van der Waals surface area (Å²) in [4.78, 5) is 11.5. The van der Waals surface area contributed by atoms with Gasteiger partial charge in [0.15, 0.2) is 0 Å². The lowest BCUT2D eigenvalue weighted by atomic mass is 9.93. The summed E-state index contributed by atoms with van der Waals surface area (Å²) in [6.07, 6.45) is -1.34. The number of benzene rings is 2. The Morgan fingerprint density at radius 1 is 1.13 bits per heavy atom. The van der Waals surface area contributed by atoms with Crippen LogP contribution < -0.4 is 4.74 Å². The molecule has 0 fully saturated rings. The molecular weight excluding hydrogens is 316 g/mol. The Bertz CT molecular complexity index is 726. The summed E-state index contributed by atoms with van der Waals surface area (Å²) in [5, 5.41) is 20.1. The second-order valence-corrected chi connectivity index (χ2v) is 5.25. The molecule has 2 aromatic rings. The van der Waals surface area contributed by atoms with E-state index in [-0.39, 0.29) is 0 Å². The average Bonchev–Trinajstić information content (AvgIpc) is 2.55. The molecule has 2 aromatic carbocycles. The van der Waals surface area contributed by atoms with Crippen LogP contribution in [0.2, 0.25) is 5.02 Å². The van der Waals surface area contributed by atoms with Gasteiger partial charge in [-0.25, -0.2) is 0 Å². The molecule has 4 nitrogen and oxygen atoms in total. The molecule has 2 atom stereocenters. The van der Waals surface area contributed by atoms with Gasteiger partial charge in [0, 0.05) is 10.6 Å². The molecule has 23 heavy (non-hydrogen) atoms. The zero-order valence-corrected chi connectivity index (χ0v) is 13.1. The average molecular weight is 331 g/mol. The van der Waals surface area contributed by atoms with E-state index in [1.165, 1.54) is 7.11 Å². The minimum Gasteiger partial charge on any atom is -0.497 e. The Balaban J connectivity index is 2.23. The largest absolute Gasteiger partial charge is 0.497 e. The van der Waals surface area contributed by atoms with Crippen LogP contribution in [0.15, 0.2) is 48.5 Å². The van der Waals surface area contributed by atoms with Crippen molar-refractivity contribution in [1.82, 2.24) is 0 Å². The zero-order chi connectivity index (χ0) is 16.8. The van der Waals surface area contributed by atoms with Gasteiger partial charge in [-0.2, -0.15) is 0 Å². The van der Waals surface area contributed by atoms with E-state index in [4.69, 9.17) is 16.3 Å². The molecule has 0 saturated carbocycles. The van der Waals surface area contributed by atoms with E-state index >= 15 is 0 Å². The van der Waals surface area contributed by atoms with Crippen molar-refractivity contribution < 1.29 is 19.7 Å². The monoisotopic (exact) mass is 330 g/mol. The van der Waals surface area contributed by atoms with Gasteiger partial charge in [0.1, 0.15) is 17.8 Å². The Kier molecular flexibility index (Phi) is 5.64. The summed E-state index contributed by atoms with van der Waals surface area (Å²) < 4.78 is 5.04. The van der Waals surface area contributed by atoms with Gasteiger partial charge < -0.3 is 14.9 Å². The molecule has 118 valence electrons. The van der Waals surface area contributed by atoms with Gasteiger partial charge in [-0.1, -0.05) is 35.6 Å². The second-order valence-electron chi connectivity index (χ2n) is 4.81. The molecular formula is C18H15ClO4.